The van der Waals surface area contributed by atoms with E-state index in [2.05, 4.69) is 34.3 Å². The highest BCUT2D eigenvalue weighted by atomic mass is 16.4. The summed E-state index contributed by atoms with van der Waals surface area (Å²) in [5.41, 5.74) is -0.0430. The van der Waals surface area contributed by atoms with E-state index in [1.54, 1.807) is 6.07 Å². The maximum atomic E-state index is 10.7. The Morgan fingerprint density at radius 3 is 2.47 bits per heavy atom. The van der Waals surface area contributed by atoms with Gasteiger partial charge in [0.25, 0.3) is 0 Å². The third-order valence-electron chi connectivity index (χ3n) is 2.58. The lowest BCUT2D eigenvalue weighted by atomic mass is 10.0. The molecule has 0 saturated heterocycles. The van der Waals surface area contributed by atoms with Crippen LogP contribution in [0.2, 0.25) is 0 Å². The zero-order valence-electron chi connectivity index (χ0n) is 11.9. The Bertz CT molecular complexity index is 394. The van der Waals surface area contributed by atoms with Gasteiger partial charge in [0.2, 0.25) is 0 Å². The minimum atomic E-state index is -1.06. The highest BCUT2D eigenvalue weighted by Crippen LogP contribution is 2.11. The van der Waals surface area contributed by atoms with E-state index in [1.165, 1.54) is 6.07 Å². The van der Waals surface area contributed by atoms with Gasteiger partial charge in [0, 0.05) is 12.6 Å². The Kier molecular flexibility index (Phi) is 5.69. The van der Waals surface area contributed by atoms with Gasteiger partial charge < -0.3 is 15.3 Å². The molecule has 106 valence electrons. The molecule has 0 fully saturated rings. The first kappa shape index (κ1) is 15.4. The van der Waals surface area contributed by atoms with Gasteiger partial charge in [-0.15, -0.1) is 10.2 Å². The molecule has 6 heteroatoms. The summed E-state index contributed by atoms with van der Waals surface area (Å²) in [5.74, 6) is 0.118. The van der Waals surface area contributed by atoms with E-state index in [9.17, 15) is 4.79 Å². The topological polar surface area (TPSA) is 78.4 Å². The summed E-state index contributed by atoms with van der Waals surface area (Å²) in [6.45, 7) is 5.23. The Balaban J connectivity index is 2.69. The molecule has 0 amide bonds. The van der Waals surface area contributed by atoms with Crippen molar-refractivity contribution in [1.82, 2.24) is 15.1 Å². The molecule has 1 atom stereocenters. The van der Waals surface area contributed by atoms with E-state index in [0.717, 1.165) is 13.0 Å². The third-order valence-corrected chi connectivity index (χ3v) is 2.58. The Morgan fingerprint density at radius 1 is 1.37 bits per heavy atom. The molecule has 0 saturated carbocycles. The lowest BCUT2D eigenvalue weighted by Gasteiger charge is -2.24. The van der Waals surface area contributed by atoms with Gasteiger partial charge in [0.05, 0.1) is 0 Å². The highest BCUT2D eigenvalue weighted by molar-refractivity contribution is 5.85. The van der Waals surface area contributed by atoms with Crippen molar-refractivity contribution in [3.8, 4) is 0 Å². The van der Waals surface area contributed by atoms with Gasteiger partial charge in [-0.2, -0.15) is 0 Å². The number of anilines is 1. The van der Waals surface area contributed by atoms with Crippen LogP contribution < -0.4 is 5.32 Å². The second kappa shape index (κ2) is 7.04. The largest absolute Gasteiger partial charge is 0.476 e. The lowest BCUT2D eigenvalue weighted by molar-refractivity contribution is 0.0689. The number of nitrogens with zero attached hydrogens (tertiary/aromatic N) is 3. The molecule has 0 aliphatic heterocycles. The molecule has 0 spiro atoms. The van der Waals surface area contributed by atoms with Gasteiger partial charge in [-0.1, -0.05) is 13.8 Å². The fourth-order valence-electron chi connectivity index (χ4n) is 1.92. The average molecular weight is 266 g/mol. The predicted octanol–water partition coefficient (Wildman–Crippen LogP) is 1.56. The second-order valence-electron chi connectivity index (χ2n) is 5.34. The van der Waals surface area contributed by atoms with Crippen LogP contribution in [-0.2, 0) is 0 Å². The number of carboxylic acid groups (broad SMARTS) is 1. The summed E-state index contributed by atoms with van der Waals surface area (Å²) in [5, 5.41) is 19.6. The van der Waals surface area contributed by atoms with Crippen LogP contribution in [0, 0.1) is 5.92 Å². The summed E-state index contributed by atoms with van der Waals surface area (Å²) < 4.78 is 0. The maximum absolute atomic E-state index is 10.7. The van der Waals surface area contributed by atoms with Crippen molar-refractivity contribution < 1.29 is 9.90 Å². The van der Waals surface area contributed by atoms with Gasteiger partial charge in [-0.3, -0.25) is 0 Å². The van der Waals surface area contributed by atoms with Crippen molar-refractivity contribution in [1.29, 1.82) is 0 Å². The molecule has 0 aliphatic rings. The van der Waals surface area contributed by atoms with Crippen molar-refractivity contribution in [2.24, 2.45) is 5.92 Å². The number of carbonyl (C=O) groups is 1. The second-order valence-corrected chi connectivity index (χ2v) is 5.34. The normalized spacial score (nSPS) is 12.7. The van der Waals surface area contributed by atoms with Crippen LogP contribution >= 0.6 is 0 Å². The molecule has 19 heavy (non-hydrogen) atoms. The van der Waals surface area contributed by atoms with Crippen LogP contribution in [-0.4, -0.2) is 52.9 Å². The van der Waals surface area contributed by atoms with Crippen LogP contribution in [0.4, 0.5) is 5.82 Å². The standard InChI is InChI=1S/C13H22N4O2/c1-9(2)7-10(8-17(3)4)14-12-6-5-11(13(18)19)15-16-12/h5-6,9-10H,7-8H2,1-4H3,(H,14,16)(H,18,19). The van der Waals surface area contributed by atoms with Crippen molar-refractivity contribution in [2.45, 2.75) is 26.3 Å². The van der Waals surface area contributed by atoms with Gasteiger partial charge in [-0.05, 0) is 38.6 Å². The minimum absolute atomic E-state index is 0.0430. The molecule has 0 aliphatic carbocycles. The van der Waals surface area contributed by atoms with Gasteiger partial charge in [0.1, 0.15) is 5.82 Å². The van der Waals surface area contributed by atoms with Gasteiger partial charge >= 0.3 is 5.97 Å². The Labute approximate surface area is 113 Å². The number of hydrogen-bond acceptors (Lipinski definition) is 5. The van der Waals surface area contributed by atoms with Crippen LogP contribution in [0.1, 0.15) is 30.8 Å². The van der Waals surface area contributed by atoms with Crippen LogP contribution in [0.15, 0.2) is 12.1 Å². The number of likely N-dealkylation sites (N-methyl/N-ethyl adjacent to an activating group) is 1. The average Bonchev–Trinajstić information content (AvgIpc) is 2.27. The molecule has 0 bridgehead atoms. The van der Waals surface area contributed by atoms with Crippen LogP contribution in [0.25, 0.3) is 0 Å². The van der Waals surface area contributed by atoms with Crippen molar-refractivity contribution in [3.05, 3.63) is 17.8 Å². The third kappa shape index (κ3) is 5.65. The smallest absolute Gasteiger partial charge is 0.356 e. The summed E-state index contributed by atoms with van der Waals surface area (Å²) >= 11 is 0. The number of aromatic nitrogens is 2. The number of rotatable bonds is 7. The molecule has 0 radical (unpaired) electrons. The first-order valence-electron chi connectivity index (χ1n) is 6.36. The monoisotopic (exact) mass is 266 g/mol. The van der Waals surface area contributed by atoms with Crippen LogP contribution in [0.3, 0.4) is 0 Å². The van der Waals surface area contributed by atoms with Gasteiger partial charge in [0.15, 0.2) is 5.69 Å². The molecule has 2 N–H and O–H groups in total. The molecule has 1 rings (SSSR count). The molecule has 6 nitrogen and oxygen atoms in total. The molecular weight excluding hydrogens is 244 g/mol. The SMILES string of the molecule is CC(C)CC(CN(C)C)Nc1ccc(C(=O)O)nn1. The lowest BCUT2D eigenvalue weighted by Crippen LogP contribution is -2.33. The summed E-state index contributed by atoms with van der Waals surface area (Å²) in [6, 6.07) is 3.37. The zero-order valence-corrected chi connectivity index (χ0v) is 11.9. The number of carboxylic acids is 1. The highest BCUT2D eigenvalue weighted by Gasteiger charge is 2.13. The quantitative estimate of drug-likeness (QED) is 0.780. The van der Waals surface area contributed by atoms with E-state index in [-0.39, 0.29) is 11.7 Å². The van der Waals surface area contributed by atoms with Crippen molar-refractivity contribution in [2.75, 3.05) is 26.0 Å². The van der Waals surface area contributed by atoms with E-state index < -0.39 is 5.97 Å². The summed E-state index contributed by atoms with van der Waals surface area (Å²) in [7, 11) is 4.04. The van der Waals surface area contributed by atoms with E-state index in [0.29, 0.717) is 11.7 Å². The zero-order chi connectivity index (χ0) is 14.4. The molecule has 1 heterocycles. The summed E-state index contributed by atoms with van der Waals surface area (Å²) in [4.78, 5) is 12.8. The molecule has 1 aromatic rings. The maximum Gasteiger partial charge on any atom is 0.356 e. The molecule has 1 unspecified atom stereocenters. The van der Waals surface area contributed by atoms with Crippen LogP contribution in [0.5, 0.6) is 0 Å². The fraction of sp³-hybridized carbons (Fsp3) is 0.615. The Hall–Kier alpha value is -1.69. The molecule has 1 aromatic heterocycles. The fourth-order valence-corrected chi connectivity index (χ4v) is 1.92. The molecular formula is C13H22N4O2. The number of aromatic carboxylic acids is 1. The predicted molar refractivity (Wildman–Crippen MR) is 74.4 cm³/mol. The number of nitrogens with one attached hydrogen (secondary N) is 1. The summed E-state index contributed by atoms with van der Waals surface area (Å²) in [6.07, 6.45) is 1.01. The van der Waals surface area contributed by atoms with Crippen molar-refractivity contribution >= 4 is 11.8 Å². The minimum Gasteiger partial charge on any atom is -0.476 e. The molecule has 0 aromatic carbocycles. The first-order valence-corrected chi connectivity index (χ1v) is 6.36. The first-order chi connectivity index (χ1) is 8.88. The van der Waals surface area contributed by atoms with Gasteiger partial charge in [-0.25, -0.2) is 4.79 Å². The van der Waals surface area contributed by atoms with E-state index >= 15 is 0 Å². The van der Waals surface area contributed by atoms with E-state index in [1.807, 2.05) is 14.1 Å². The number of hydrogen-bond donors (Lipinski definition) is 2. The van der Waals surface area contributed by atoms with Crippen molar-refractivity contribution in [3.63, 3.8) is 0 Å². The Morgan fingerprint density at radius 2 is 2.05 bits per heavy atom. The van der Waals surface area contributed by atoms with E-state index in [4.69, 9.17) is 5.11 Å².